The van der Waals surface area contributed by atoms with Gasteiger partial charge >= 0.3 is 41.5 Å². The van der Waals surface area contributed by atoms with Crippen molar-refractivity contribution in [3.8, 4) is 0 Å². The third-order valence-corrected chi connectivity index (χ3v) is 5.96. The van der Waals surface area contributed by atoms with Crippen molar-refractivity contribution in [2.24, 2.45) is 0 Å². The van der Waals surface area contributed by atoms with Crippen LogP contribution < -0.4 is 34.5 Å². The number of carbonyl (C=O) groups is 3. The molecule has 0 amide bonds. The van der Waals surface area contributed by atoms with Gasteiger partial charge in [0.2, 0.25) is 11.9 Å². The molecule has 0 spiro atoms. The van der Waals surface area contributed by atoms with Crippen molar-refractivity contribution in [1.82, 2.24) is 0 Å². The topological polar surface area (TPSA) is 159 Å². The van der Waals surface area contributed by atoms with Crippen LogP contribution in [-0.2, 0) is 32.9 Å². The van der Waals surface area contributed by atoms with Crippen LogP contribution >= 0.6 is 7.82 Å². The summed E-state index contributed by atoms with van der Waals surface area (Å²) in [7, 11) is -5.35. The number of ketones is 1. The van der Waals surface area contributed by atoms with Crippen LogP contribution in [0.2, 0.25) is 0 Å². The van der Waals surface area contributed by atoms with Gasteiger partial charge in [0.05, 0.1) is 0 Å². The molecule has 0 aromatic rings. The summed E-state index contributed by atoms with van der Waals surface area (Å²) in [4.78, 5) is 54.6. The number of phosphoric ester groups is 1. The van der Waals surface area contributed by atoms with Gasteiger partial charge in [0.1, 0.15) is 12.7 Å². The van der Waals surface area contributed by atoms with E-state index in [0.29, 0.717) is 6.42 Å². The minimum absolute atomic E-state index is 0. The van der Waals surface area contributed by atoms with Crippen LogP contribution in [0.3, 0.4) is 0 Å². The van der Waals surface area contributed by atoms with Crippen LogP contribution in [0.15, 0.2) is 0 Å². The predicted molar refractivity (Wildman–Crippen MR) is 117 cm³/mol. The molecular formula is C22H38NaO10P. The molecule has 0 bridgehead atoms. The van der Waals surface area contributed by atoms with Crippen molar-refractivity contribution in [1.29, 1.82) is 0 Å². The Kier molecular flexibility index (Phi) is 18.7. The molecule has 1 fully saturated rings. The van der Waals surface area contributed by atoms with Crippen LogP contribution in [-0.4, -0.2) is 52.6 Å². The smallest absolute Gasteiger partial charge is 0.756 e. The Balaban J connectivity index is 0.0000109. The standard InChI is InChI=1S/C22H39O10P.Na/c1-2-3-4-5-6-7-8-9-10-11-12-13-14-15-18(24)30-16-17(23)20-19(25)21(22(26)31-20)32-33(27,28)29;/h17,20-21,23H,2-16H2,1H3,(H2,27,28,29);/q;+1/p-1/t17-,20+,21?;/m0./s1. The fourth-order valence-electron chi connectivity index (χ4n) is 3.63. The van der Waals surface area contributed by atoms with Gasteiger partial charge < -0.3 is 24.4 Å². The molecule has 1 aliphatic rings. The van der Waals surface area contributed by atoms with Gasteiger partial charge in [-0.05, 0) is 6.42 Å². The molecule has 0 saturated carbocycles. The number of ether oxygens (including phenoxy) is 2. The van der Waals surface area contributed by atoms with Gasteiger partial charge in [-0.25, -0.2) is 4.79 Å². The summed E-state index contributed by atoms with van der Waals surface area (Å²) in [6, 6.07) is 0. The molecule has 0 aromatic carbocycles. The first-order chi connectivity index (χ1) is 15.7. The van der Waals surface area contributed by atoms with Gasteiger partial charge in [-0.2, -0.15) is 0 Å². The van der Waals surface area contributed by atoms with Crippen molar-refractivity contribution in [2.75, 3.05) is 6.61 Å². The largest absolute Gasteiger partial charge is 1.00 e. The summed E-state index contributed by atoms with van der Waals surface area (Å²) in [5, 5.41) is 9.95. The van der Waals surface area contributed by atoms with E-state index < -0.39 is 50.5 Å². The average Bonchev–Trinajstić information content (AvgIpc) is 3.02. The van der Waals surface area contributed by atoms with E-state index in [9.17, 15) is 28.9 Å². The molecule has 34 heavy (non-hydrogen) atoms. The minimum atomic E-state index is -5.35. The Labute approximate surface area is 224 Å². The summed E-state index contributed by atoms with van der Waals surface area (Å²) in [6.07, 6.45) is 9.93. The van der Waals surface area contributed by atoms with E-state index in [4.69, 9.17) is 9.63 Å². The molecule has 0 aromatic heterocycles. The Morgan fingerprint density at radius 2 is 1.47 bits per heavy atom. The number of cyclic esters (lactones) is 1. The predicted octanol–water partition coefficient (Wildman–Crippen LogP) is -0.284. The molecule has 2 N–H and O–H groups in total. The van der Waals surface area contributed by atoms with Gasteiger partial charge in [-0.15, -0.1) is 0 Å². The molecular weight excluding hydrogens is 478 g/mol. The van der Waals surface area contributed by atoms with Gasteiger partial charge in [-0.3, -0.25) is 18.7 Å². The van der Waals surface area contributed by atoms with Crippen LogP contribution in [0.4, 0.5) is 0 Å². The Morgan fingerprint density at radius 1 is 1.00 bits per heavy atom. The molecule has 0 radical (unpaired) electrons. The minimum Gasteiger partial charge on any atom is -0.756 e. The second-order valence-electron chi connectivity index (χ2n) is 8.46. The van der Waals surface area contributed by atoms with Crippen molar-refractivity contribution in [2.45, 2.75) is 115 Å². The van der Waals surface area contributed by atoms with E-state index in [0.717, 1.165) is 19.3 Å². The first kappa shape index (κ1) is 33.7. The van der Waals surface area contributed by atoms with E-state index in [1.54, 1.807) is 0 Å². The fourth-order valence-corrected chi connectivity index (χ4v) is 4.09. The number of unbranched alkanes of at least 4 members (excludes halogenated alkanes) is 12. The zero-order valence-corrected chi connectivity index (χ0v) is 23.3. The summed E-state index contributed by atoms with van der Waals surface area (Å²) in [5.74, 6) is -3.08. The number of esters is 2. The molecule has 2 unspecified atom stereocenters. The van der Waals surface area contributed by atoms with E-state index in [2.05, 4.69) is 16.2 Å². The van der Waals surface area contributed by atoms with Crippen molar-refractivity contribution >= 4 is 25.5 Å². The van der Waals surface area contributed by atoms with Gasteiger partial charge in [-0.1, -0.05) is 84.0 Å². The van der Waals surface area contributed by atoms with E-state index in [1.807, 2.05) is 0 Å². The maximum Gasteiger partial charge on any atom is 1.00 e. The molecule has 12 heteroatoms. The second-order valence-corrected chi connectivity index (χ2v) is 9.60. The summed E-state index contributed by atoms with van der Waals surface area (Å²) in [6.45, 7) is 1.63. The number of carbonyl (C=O) groups excluding carboxylic acids is 3. The van der Waals surface area contributed by atoms with Crippen LogP contribution in [0, 0.1) is 0 Å². The maximum absolute atomic E-state index is 11.9. The van der Waals surface area contributed by atoms with Crippen LogP contribution in [0.1, 0.15) is 96.8 Å². The van der Waals surface area contributed by atoms with E-state index in [-0.39, 0.29) is 36.0 Å². The first-order valence-electron chi connectivity index (χ1n) is 12.0. The molecule has 0 aliphatic carbocycles. The number of aliphatic hydroxyl groups is 1. The summed E-state index contributed by atoms with van der Waals surface area (Å²) < 4.78 is 24.2. The Hall–Kier alpha value is -0.320. The first-order valence-corrected chi connectivity index (χ1v) is 13.5. The van der Waals surface area contributed by atoms with Crippen LogP contribution in [0.25, 0.3) is 0 Å². The normalized spacial score (nSPS) is 20.4. The summed E-state index contributed by atoms with van der Waals surface area (Å²) >= 11 is 0. The van der Waals surface area contributed by atoms with E-state index >= 15 is 0 Å². The fraction of sp³-hybridized carbons (Fsp3) is 0.864. The second kappa shape index (κ2) is 18.9. The molecule has 1 aliphatic heterocycles. The number of Topliss-reactive ketones (excluding diaryl/α,β-unsaturated/α-hetero) is 1. The number of hydrogen-bond donors (Lipinski definition) is 2. The number of hydrogen-bond acceptors (Lipinski definition) is 9. The zero-order chi connectivity index (χ0) is 24.7. The van der Waals surface area contributed by atoms with Crippen molar-refractivity contribution in [3.05, 3.63) is 0 Å². The quantitative estimate of drug-likeness (QED) is 0.0768. The molecule has 1 rings (SSSR count). The third-order valence-electron chi connectivity index (χ3n) is 5.48. The average molecular weight is 517 g/mol. The van der Waals surface area contributed by atoms with Crippen molar-refractivity contribution < 1.29 is 77.4 Å². The Morgan fingerprint density at radius 3 is 1.94 bits per heavy atom. The van der Waals surface area contributed by atoms with Gasteiger partial charge in [0, 0.05) is 6.42 Å². The zero-order valence-electron chi connectivity index (χ0n) is 20.4. The van der Waals surface area contributed by atoms with Gasteiger partial charge in [0.25, 0.3) is 7.82 Å². The molecule has 4 atom stereocenters. The molecule has 1 saturated heterocycles. The molecule has 192 valence electrons. The van der Waals surface area contributed by atoms with Crippen molar-refractivity contribution in [3.63, 3.8) is 0 Å². The van der Waals surface area contributed by atoms with Gasteiger partial charge in [0.15, 0.2) is 6.10 Å². The Bertz CT molecular complexity index is 654. The summed E-state index contributed by atoms with van der Waals surface area (Å²) in [5.41, 5.74) is 0. The van der Waals surface area contributed by atoms with Crippen LogP contribution in [0.5, 0.6) is 0 Å². The third kappa shape index (κ3) is 14.9. The van der Waals surface area contributed by atoms with E-state index in [1.165, 1.54) is 57.8 Å². The maximum atomic E-state index is 11.9. The number of rotatable bonds is 19. The monoisotopic (exact) mass is 516 g/mol. The molecule has 10 nitrogen and oxygen atoms in total. The number of phosphoric acid groups is 1. The number of aliphatic hydroxyl groups excluding tert-OH is 1. The SMILES string of the molecule is CCCCCCCCCCCCCCCC(=O)OC[C@H](O)[C@H]1OC(=O)C(OP(=O)([O-])O)C1=O.[Na+]. The molecule has 1 heterocycles.